The molecule has 1 nitrogen and oxygen atoms in total. The Kier molecular flexibility index (Phi) is 3.44. The van der Waals surface area contributed by atoms with Gasteiger partial charge in [0.25, 0.3) is 0 Å². The quantitative estimate of drug-likeness (QED) is 0.506. The third-order valence-corrected chi connectivity index (χ3v) is 2.22. The highest BCUT2D eigenvalue weighted by atomic mass is 16.1. The van der Waals surface area contributed by atoms with E-state index in [1.54, 1.807) is 0 Å². The van der Waals surface area contributed by atoms with Gasteiger partial charge in [-0.15, -0.1) is 6.58 Å². The molecule has 0 bridgehead atoms. The fraction of sp³-hybridized carbons (Fsp3) is 0.250. The van der Waals surface area contributed by atoms with Crippen molar-refractivity contribution in [3.63, 3.8) is 0 Å². The summed E-state index contributed by atoms with van der Waals surface area (Å²) in [5.41, 5.74) is 1.15. The van der Waals surface area contributed by atoms with Crippen LogP contribution in [0.5, 0.6) is 0 Å². The minimum absolute atomic E-state index is 0.0000926. The van der Waals surface area contributed by atoms with Gasteiger partial charge < -0.3 is 4.79 Å². The van der Waals surface area contributed by atoms with Gasteiger partial charge in [-0.25, -0.2) is 0 Å². The van der Waals surface area contributed by atoms with Crippen LogP contribution in [-0.2, 0) is 4.79 Å². The van der Waals surface area contributed by atoms with Gasteiger partial charge in [-0.2, -0.15) is 0 Å². The SMILES string of the molecule is C=CC(c1ccccc1)C(C)C=O. The first-order valence-electron chi connectivity index (χ1n) is 4.42. The Morgan fingerprint density at radius 1 is 1.31 bits per heavy atom. The molecule has 1 aromatic rings. The Labute approximate surface area is 79.1 Å². The lowest BCUT2D eigenvalue weighted by molar-refractivity contribution is -0.110. The van der Waals surface area contributed by atoms with E-state index in [-0.39, 0.29) is 11.8 Å². The second kappa shape index (κ2) is 4.61. The molecule has 0 radical (unpaired) electrons. The van der Waals surface area contributed by atoms with Gasteiger partial charge in [0.05, 0.1) is 0 Å². The molecule has 0 aliphatic heterocycles. The average molecular weight is 174 g/mol. The largest absolute Gasteiger partial charge is 0.303 e. The van der Waals surface area contributed by atoms with E-state index < -0.39 is 0 Å². The Bertz CT molecular complexity index is 276. The number of aldehydes is 1. The first-order valence-corrected chi connectivity index (χ1v) is 4.42. The van der Waals surface area contributed by atoms with E-state index >= 15 is 0 Å². The molecule has 0 aliphatic carbocycles. The summed E-state index contributed by atoms with van der Waals surface area (Å²) in [6.45, 7) is 5.66. The van der Waals surface area contributed by atoms with E-state index in [4.69, 9.17) is 0 Å². The van der Waals surface area contributed by atoms with Crippen molar-refractivity contribution < 1.29 is 4.79 Å². The van der Waals surface area contributed by atoms with Crippen LogP contribution in [-0.4, -0.2) is 6.29 Å². The topological polar surface area (TPSA) is 17.1 Å². The third kappa shape index (κ3) is 2.28. The second-order valence-corrected chi connectivity index (χ2v) is 3.17. The lowest BCUT2D eigenvalue weighted by Gasteiger charge is -2.15. The Morgan fingerprint density at radius 3 is 2.38 bits per heavy atom. The van der Waals surface area contributed by atoms with E-state index in [0.717, 1.165) is 11.8 Å². The van der Waals surface area contributed by atoms with Gasteiger partial charge in [-0.05, 0) is 5.56 Å². The average Bonchev–Trinajstić information content (AvgIpc) is 2.20. The molecule has 13 heavy (non-hydrogen) atoms. The molecule has 1 rings (SSSR count). The number of rotatable bonds is 4. The number of allylic oxidation sites excluding steroid dienone is 1. The fourth-order valence-corrected chi connectivity index (χ4v) is 1.41. The molecule has 0 aliphatic rings. The summed E-state index contributed by atoms with van der Waals surface area (Å²) in [6, 6.07) is 9.96. The molecule has 0 amide bonds. The normalized spacial score (nSPS) is 14.5. The maximum atomic E-state index is 10.6. The number of hydrogen-bond donors (Lipinski definition) is 0. The van der Waals surface area contributed by atoms with Crippen LogP contribution in [0.3, 0.4) is 0 Å². The molecule has 1 aromatic carbocycles. The molecular weight excluding hydrogens is 160 g/mol. The van der Waals surface area contributed by atoms with E-state index in [1.807, 2.05) is 43.3 Å². The smallest absolute Gasteiger partial charge is 0.123 e. The lowest BCUT2D eigenvalue weighted by atomic mass is 9.88. The van der Waals surface area contributed by atoms with E-state index in [1.165, 1.54) is 0 Å². The molecule has 0 N–H and O–H groups in total. The van der Waals surface area contributed by atoms with Crippen molar-refractivity contribution in [3.05, 3.63) is 48.6 Å². The van der Waals surface area contributed by atoms with Crippen LogP contribution in [0, 0.1) is 5.92 Å². The van der Waals surface area contributed by atoms with Crippen molar-refractivity contribution in [2.45, 2.75) is 12.8 Å². The van der Waals surface area contributed by atoms with Crippen LogP contribution < -0.4 is 0 Å². The van der Waals surface area contributed by atoms with Gasteiger partial charge in [-0.1, -0.05) is 43.3 Å². The van der Waals surface area contributed by atoms with Crippen molar-refractivity contribution in [2.75, 3.05) is 0 Å². The van der Waals surface area contributed by atoms with Crippen molar-refractivity contribution in [1.29, 1.82) is 0 Å². The molecule has 0 saturated carbocycles. The van der Waals surface area contributed by atoms with Crippen molar-refractivity contribution in [2.24, 2.45) is 5.92 Å². The minimum atomic E-state index is -0.0000926. The second-order valence-electron chi connectivity index (χ2n) is 3.17. The summed E-state index contributed by atoms with van der Waals surface area (Å²) in [7, 11) is 0. The number of benzene rings is 1. The minimum Gasteiger partial charge on any atom is -0.303 e. The van der Waals surface area contributed by atoms with Crippen LogP contribution in [0.4, 0.5) is 0 Å². The van der Waals surface area contributed by atoms with Gasteiger partial charge >= 0.3 is 0 Å². The van der Waals surface area contributed by atoms with Gasteiger partial charge in [0.2, 0.25) is 0 Å². The first kappa shape index (κ1) is 9.72. The molecule has 0 fully saturated rings. The van der Waals surface area contributed by atoms with Crippen molar-refractivity contribution in [3.8, 4) is 0 Å². The Hall–Kier alpha value is -1.37. The molecule has 0 aromatic heterocycles. The maximum Gasteiger partial charge on any atom is 0.123 e. The van der Waals surface area contributed by atoms with Gasteiger partial charge in [0.15, 0.2) is 0 Å². The molecule has 1 heteroatoms. The molecular formula is C12H14O. The zero-order chi connectivity index (χ0) is 9.68. The van der Waals surface area contributed by atoms with E-state index in [0.29, 0.717) is 0 Å². The van der Waals surface area contributed by atoms with Gasteiger partial charge in [0, 0.05) is 11.8 Å². The van der Waals surface area contributed by atoms with E-state index in [9.17, 15) is 4.79 Å². The third-order valence-electron chi connectivity index (χ3n) is 2.22. The first-order chi connectivity index (χ1) is 6.29. The number of hydrogen-bond acceptors (Lipinski definition) is 1. The van der Waals surface area contributed by atoms with Crippen molar-refractivity contribution in [1.82, 2.24) is 0 Å². The monoisotopic (exact) mass is 174 g/mol. The molecule has 0 saturated heterocycles. The molecule has 0 spiro atoms. The number of carbonyl (C=O) groups excluding carboxylic acids is 1. The predicted molar refractivity (Wildman–Crippen MR) is 54.6 cm³/mol. The summed E-state index contributed by atoms with van der Waals surface area (Å²) in [6.07, 6.45) is 2.80. The molecule has 2 unspecified atom stereocenters. The van der Waals surface area contributed by atoms with Gasteiger partial charge in [-0.3, -0.25) is 0 Å². The summed E-state index contributed by atoms with van der Waals surface area (Å²) < 4.78 is 0. The highest BCUT2D eigenvalue weighted by Crippen LogP contribution is 2.23. The Morgan fingerprint density at radius 2 is 1.92 bits per heavy atom. The molecule has 68 valence electrons. The van der Waals surface area contributed by atoms with Crippen LogP contribution in [0.15, 0.2) is 43.0 Å². The molecule has 0 heterocycles. The number of carbonyl (C=O) groups is 1. The lowest BCUT2D eigenvalue weighted by Crippen LogP contribution is -2.08. The summed E-state index contributed by atoms with van der Waals surface area (Å²) in [5, 5.41) is 0. The van der Waals surface area contributed by atoms with E-state index in [2.05, 4.69) is 6.58 Å². The van der Waals surface area contributed by atoms with Crippen LogP contribution >= 0.6 is 0 Å². The summed E-state index contributed by atoms with van der Waals surface area (Å²) >= 11 is 0. The fourth-order valence-electron chi connectivity index (χ4n) is 1.41. The van der Waals surface area contributed by atoms with Crippen molar-refractivity contribution >= 4 is 6.29 Å². The highest BCUT2D eigenvalue weighted by Gasteiger charge is 2.14. The standard InChI is InChI=1S/C12H14O/c1-3-12(10(2)9-13)11-7-5-4-6-8-11/h3-10,12H,1H2,2H3. The van der Waals surface area contributed by atoms with Crippen LogP contribution in [0.1, 0.15) is 18.4 Å². The van der Waals surface area contributed by atoms with Crippen LogP contribution in [0.25, 0.3) is 0 Å². The zero-order valence-electron chi connectivity index (χ0n) is 7.81. The summed E-state index contributed by atoms with van der Waals surface area (Å²) in [4.78, 5) is 10.6. The Balaban J connectivity index is 2.90. The highest BCUT2D eigenvalue weighted by molar-refractivity contribution is 5.56. The summed E-state index contributed by atoms with van der Waals surface area (Å²) in [5.74, 6) is 0.138. The molecule has 2 atom stereocenters. The zero-order valence-corrected chi connectivity index (χ0v) is 7.81. The predicted octanol–water partition coefficient (Wildman–Crippen LogP) is 2.79. The maximum absolute atomic E-state index is 10.6. The van der Waals surface area contributed by atoms with Gasteiger partial charge in [0.1, 0.15) is 6.29 Å². The van der Waals surface area contributed by atoms with Crippen LogP contribution in [0.2, 0.25) is 0 Å².